The second-order valence-corrected chi connectivity index (χ2v) is 37.2. The average molecular weight is 1530 g/mol. The molecule has 11 heteroatoms. The van der Waals surface area contributed by atoms with E-state index in [1.807, 2.05) is 6.21 Å². The second-order valence-electron chi connectivity index (χ2n) is 34.8. The number of ether oxygens (including phenoxy) is 3. The lowest BCUT2D eigenvalue weighted by molar-refractivity contribution is 0.131. The van der Waals surface area contributed by atoms with Gasteiger partial charge in [0.25, 0.3) is 10.1 Å². The van der Waals surface area contributed by atoms with Crippen LogP contribution in [0.3, 0.4) is 0 Å². The summed E-state index contributed by atoms with van der Waals surface area (Å²) in [6.45, 7) is 78.8. The monoisotopic (exact) mass is 1530 g/mol. The Balaban J connectivity index is 0.000000134. The third kappa shape index (κ3) is 10.0. The Kier molecular flexibility index (Phi) is 18.3. The lowest BCUT2D eigenvalue weighted by atomic mass is 9.82. The van der Waals surface area contributed by atoms with Gasteiger partial charge in [-0.1, -0.05) is 6.92 Å². The fraction of sp³-hybridized carbons (Fsp3) is 0.416. The van der Waals surface area contributed by atoms with Crippen LogP contribution in [0.5, 0.6) is 17.2 Å². The van der Waals surface area contributed by atoms with Crippen LogP contribution in [-0.4, -0.2) is 55.6 Å². The summed E-state index contributed by atoms with van der Waals surface area (Å²) in [6.07, 6.45) is 6.20. The molecule has 11 aromatic carbocycles. The van der Waals surface area contributed by atoms with E-state index in [2.05, 4.69) is 291 Å². The van der Waals surface area contributed by atoms with Gasteiger partial charge in [-0.25, -0.2) is 9.98 Å². The lowest BCUT2D eigenvalue weighted by Gasteiger charge is -2.41. The van der Waals surface area contributed by atoms with Gasteiger partial charge in [0.2, 0.25) is 5.72 Å². The van der Waals surface area contributed by atoms with E-state index in [0.29, 0.717) is 0 Å². The van der Waals surface area contributed by atoms with E-state index >= 15 is 0 Å². The summed E-state index contributed by atoms with van der Waals surface area (Å²) in [7, 11) is 6.50. The molecule has 4 unspecified atom stereocenters. The topological polar surface area (TPSA) is 74.5 Å². The minimum atomic E-state index is -0.729. The first-order valence-corrected chi connectivity index (χ1v) is 42.1. The summed E-state index contributed by atoms with van der Waals surface area (Å²) >= 11 is 3.58. The van der Waals surface area contributed by atoms with Gasteiger partial charge < -0.3 is 28.9 Å². The van der Waals surface area contributed by atoms with E-state index in [1.54, 1.807) is 23.5 Å². The van der Waals surface area contributed by atoms with E-state index in [0.717, 1.165) is 34.3 Å². The molecule has 0 bridgehead atoms. The van der Waals surface area contributed by atoms with Crippen molar-refractivity contribution in [2.24, 2.45) is 15.0 Å². The fourth-order valence-electron chi connectivity index (χ4n) is 20.6. The zero-order valence-corrected chi connectivity index (χ0v) is 76.2. The zero-order chi connectivity index (χ0) is 81.9. The van der Waals surface area contributed by atoms with Crippen LogP contribution in [0.15, 0.2) is 24.8 Å². The van der Waals surface area contributed by atoms with Gasteiger partial charge in [0, 0.05) is 69.5 Å². The van der Waals surface area contributed by atoms with Gasteiger partial charge in [-0.05, 0) is 481 Å². The molecule has 0 aromatic heterocycles. The number of anilines is 3. The third-order valence-electron chi connectivity index (χ3n) is 30.8. The molecular weight excluding hydrogens is 1410 g/mol. The van der Waals surface area contributed by atoms with Crippen LogP contribution in [0, 0.1) is 235 Å². The van der Waals surface area contributed by atoms with E-state index in [-0.39, 0.29) is 5.92 Å². The molecule has 0 amide bonds. The molecule has 17 rings (SSSR count). The lowest BCUT2D eigenvalue weighted by Crippen LogP contribution is -2.54. The van der Waals surface area contributed by atoms with Crippen LogP contribution >= 0.6 is 23.5 Å². The van der Waals surface area contributed by atoms with Crippen LogP contribution in [0.1, 0.15) is 208 Å². The van der Waals surface area contributed by atoms with Crippen LogP contribution in [0.4, 0.5) is 34.1 Å². The number of hydrogen-bond acceptors (Lipinski definition) is 11. The number of fused-ring (bicyclic) bond motifs is 18. The highest BCUT2D eigenvalue weighted by Gasteiger charge is 2.55. The Hall–Kier alpha value is -8.77. The van der Waals surface area contributed by atoms with Crippen LogP contribution in [0.25, 0.3) is 53.9 Å². The molecule has 6 aliphatic heterocycles. The SMILES string of the molecule is Cc1c(C)c(C)c2c(c1C)C(C)C1(C=Nc3c(c4c(C)c(C)c(C)c(C)c4c4c(C)c(C)c(C)c(C)c34)O1)N2C.Cc1c(C)c(C)c2c(c1C)SC1(C=Nc3c(c(C)c(C)c4c(C)c(C)c(C)c(C)c34)O1)N2C.Cc1c(C)c(C)c2c(c1C)SC1(C=Nc3c(c4c(C)c(C)c(C)c(C)c4c4c(C)c(C)c(C)c(C)c34)O1)N2C. The first-order chi connectivity index (χ1) is 52.4. The van der Waals surface area contributed by atoms with Crippen molar-refractivity contribution in [3.05, 3.63) is 195 Å². The Bertz CT molecular complexity index is 6310. The summed E-state index contributed by atoms with van der Waals surface area (Å²) in [5, 5.41) is 11.4. The predicted octanol–water partition coefficient (Wildman–Crippen LogP) is 27.3. The molecule has 4 atom stereocenters. The van der Waals surface area contributed by atoms with Gasteiger partial charge in [0.05, 0.1) is 30.0 Å². The maximum absolute atomic E-state index is 7.47. The number of aliphatic imine (C=N–C) groups is 3. The van der Waals surface area contributed by atoms with Gasteiger partial charge in [0.1, 0.15) is 17.1 Å². The standard InChI is InChI=1S/C37H44N2O.C35H40N2OS.C29H34N2OS/c1-16-18(3)25(10)32-30(23(16)8)31-24(9)17(2)19(4)26(11)33(31)36-34(32)38-15-37(40-36)28(13)29-22(7)20(5)21(6)27(12)35(29)39(37)14;1-15-17(3)23(9)29-27(21(15)7)28-22(8)16(2)18(4)24(10)30(28)33-31(29)36-14-35(38-33)37(13)32-25(11)19(5)20(6)26(12)34(32)39-35;1-13-14(2)18(6)24-23(17(13)5)19(7)21(9)27-25(24)30-12-29(32-27)31(11)26-20(8)15(3)16(4)22(10)28(26)33-29/h15,28H,1-14H3;14H,1-13H3;12H,1-11H3. The first kappa shape index (κ1) is 78.5. The van der Waals surface area contributed by atoms with Gasteiger partial charge in [-0.3, -0.25) is 4.99 Å². The smallest absolute Gasteiger partial charge is 0.273 e. The van der Waals surface area contributed by atoms with Crippen molar-refractivity contribution in [1.29, 1.82) is 0 Å². The van der Waals surface area contributed by atoms with E-state index in [4.69, 9.17) is 29.2 Å². The van der Waals surface area contributed by atoms with Crippen molar-refractivity contribution < 1.29 is 14.2 Å². The molecule has 112 heavy (non-hydrogen) atoms. The maximum Gasteiger partial charge on any atom is 0.273 e. The van der Waals surface area contributed by atoms with Gasteiger partial charge in [-0.15, -0.1) is 0 Å². The Morgan fingerprint density at radius 2 is 0.491 bits per heavy atom. The minimum absolute atomic E-state index is 0.128. The number of benzene rings is 11. The highest BCUT2D eigenvalue weighted by Crippen LogP contribution is 2.63. The van der Waals surface area contributed by atoms with Crippen molar-refractivity contribution in [2.45, 2.75) is 274 Å². The van der Waals surface area contributed by atoms with Crippen LogP contribution in [0.2, 0.25) is 0 Å². The molecule has 0 fully saturated rings. The molecule has 11 aromatic rings. The largest absolute Gasteiger partial charge is 0.459 e. The first-order valence-electron chi connectivity index (χ1n) is 40.4. The van der Waals surface area contributed by atoms with E-state index in [1.165, 1.54) is 275 Å². The van der Waals surface area contributed by atoms with Crippen molar-refractivity contribution in [2.75, 3.05) is 35.8 Å². The van der Waals surface area contributed by atoms with Crippen molar-refractivity contribution in [3.8, 4) is 17.2 Å². The average Bonchev–Trinajstić information content (AvgIpc) is 1.23. The highest BCUT2D eigenvalue weighted by molar-refractivity contribution is 8.02. The summed E-state index contributed by atoms with van der Waals surface area (Å²) in [5.74, 6) is 2.91. The number of aryl methyl sites for hydroxylation is 11. The van der Waals surface area contributed by atoms with Crippen molar-refractivity contribution in [1.82, 2.24) is 0 Å². The van der Waals surface area contributed by atoms with Crippen molar-refractivity contribution >= 4 is 130 Å². The van der Waals surface area contributed by atoms with E-state index in [9.17, 15) is 0 Å². The summed E-state index contributed by atoms with van der Waals surface area (Å²) in [6, 6.07) is 0. The Morgan fingerprint density at radius 1 is 0.241 bits per heavy atom. The summed E-state index contributed by atoms with van der Waals surface area (Å²) in [4.78, 5) is 25.5. The second kappa shape index (κ2) is 26.1. The van der Waals surface area contributed by atoms with Gasteiger partial charge in [0.15, 0.2) is 17.2 Å². The quantitative estimate of drug-likeness (QED) is 0.139. The zero-order valence-electron chi connectivity index (χ0n) is 74.5. The molecule has 6 heterocycles. The molecule has 6 aliphatic rings. The molecule has 0 aliphatic carbocycles. The molecule has 0 radical (unpaired) electrons. The van der Waals surface area contributed by atoms with Crippen LogP contribution in [-0.2, 0) is 0 Å². The number of nitrogens with zero attached hydrogens (tertiary/aromatic N) is 6. The molecular formula is C101H118N6O3S2. The molecule has 0 saturated heterocycles. The number of hydrogen-bond donors (Lipinski definition) is 0. The Labute approximate surface area is 676 Å². The van der Waals surface area contributed by atoms with Crippen molar-refractivity contribution in [3.63, 3.8) is 0 Å². The van der Waals surface area contributed by atoms with Gasteiger partial charge >= 0.3 is 0 Å². The number of rotatable bonds is 0. The van der Waals surface area contributed by atoms with Gasteiger partial charge in [-0.2, -0.15) is 0 Å². The normalized spacial score (nSPS) is 18.8. The fourth-order valence-corrected chi connectivity index (χ4v) is 23.4. The number of thioether (sulfide) groups is 2. The Morgan fingerprint density at radius 3 is 0.866 bits per heavy atom. The molecule has 582 valence electrons. The highest BCUT2D eigenvalue weighted by atomic mass is 32.2. The molecule has 0 saturated carbocycles. The minimum Gasteiger partial charge on any atom is -0.459 e. The maximum atomic E-state index is 7.47. The third-order valence-corrected chi connectivity index (χ3v) is 33.7. The number of likely N-dealkylation sites (N-methyl/N-ethyl adjacent to an activating group) is 1. The molecule has 3 spiro atoms. The van der Waals surface area contributed by atoms with Crippen LogP contribution < -0.4 is 28.9 Å². The molecule has 0 N–H and O–H groups in total. The summed E-state index contributed by atoms with van der Waals surface area (Å²) in [5.41, 5.74) is 52.9. The predicted molar refractivity (Wildman–Crippen MR) is 487 cm³/mol. The van der Waals surface area contributed by atoms with E-state index < -0.39 is 15.8 Å². The molecule has 9 nitrogen and oxygen atoms in total. The summed E-state index contributed by atoms with van der Waals surface area (Å²) < 4.78 is 21.8.